The SMILES string of the molecule is CC(C)C[C@H](C[C@H](O)CN1CCN(S(C)(=O)=O)C[C@H]1C(=O)NC(C)(C)C)C(=O)N[C@H]1c2cc(F)ccc2C[C@H]1O. The molecule has 2 aliphatic rings. The molecule has 0 saturated carbocycles. The van der Waals surface area contributed by atoms with E-state index in [0.29, 0.717) is 18.4 Å². The van der Waals surface area contributed by atoms with Crippen molar-refractivity contribution in [3.8, 4) is 0 Å². The Morgan fingerprint density at radius 3 is 2.45 bits per heavy atom. The van der Waals surface area contributed by atoms with E-state index in [9.17, 15) is 32.6 Å². The minimum absolute atomic E-state index is 0.0289. The predicted molar refractivity (Wildman–Crippen MR) is 150 cm³/mol. The van der Waals surface area contributed by atoms with Crippen molar-refractivity contribution in [1.82, 2.24) is 19.8 Å². The van der Waals surface area contributed by atoms with Gasteiger partial charge in [0.1, 0.15) is 11.9 Å². The number of nitrogens with zero attached hydrogens (tertiary/aromatic N) is 2. The van der Waals surface area contributed by atoms with Crippen molar-refractivity contribution in [3.05, 3.63) is 35.1 Å². The lowest BCUT2D eigenvalue weighted by Gasteiger charge is -2.41. The van der Waals surface area contributed by atoms with Gasteiger partial charge in [0, 0.05) is 44.1 Å². The average molecular weight is 585 g/mol. The number of aliphatic hydroxyl groups excluding tert-OH is 2. The Morgan fingerprint density at radius 1 is 1.18 bits per heavy atom. The van der Waals surface area contributed by atoms with Crippen molar-refractivity contribution in [1.29, 1.82) is 0 Å². The van der Waals surface area contributed by atoms with Gasteiger partial charge in [-0.2, -0.15) is 4.31 Å². The maximum Gasteiger partial charge on any atom is 0.239 e. The van der Waals surface area contributed by atoms with Gasteiger partial charge >= 0.3 is 0 Å². The molecule has 1 aromatic carbocycles. The predicted octanol–water partition coefficient (Wildman–Crippen LogP) is 1.17. The van der Waals surface area contributed by atoms with Crippen LogP contribution in [0.5, 0.6) is 0 Å². The van der Waals surface area contributed by atoms with Crippen molar-refractivity contribution in [2.45, 2.75) is 83.7 Å². The van der Waals surface area contributed by atoms with E-state index >= 15 is 0 Å². The number of benzene rings is 1. The zero-order valence-electron chi connectivity index (χ0n) is 24.4. The van der Waals surface area contributed by atoms with E-state index in [2.05, 4.69) is 10.6 Å². The molecule has 10 nitrogen and oxygen atoms in total. The molecule has 1 aromatic rings. The van der Waals surface area contributed by atoms with Crippen LogP contribution in [0.3, 0.4) is 0 Å². The fourth-order valence-corrected chi connectivity index (χ4v) is 6.43. The molecule has 0 bridgehead atoms. The molecule has 2 amide bonds. The first-order valence-electron chi connectivity index (χ1n) is 13.9. The minimum Gasteiger partial charge on any atom is -0.392 e. The third kappa shape index (κ3) is 8.69. The van der Waals surface area contributed by atoms with Crippen LogP contribution in [0.25, 0.3) is 0 Å². The van der Waals surface area contributed by atoms with Crippen LogP contribution in [0.2, 0.25) is 0 Å². The molecule has 226 valence electrons. The number of nitrogens with one attached hydrogen (secondary N) is 2. The van der Waals surface area contributed by atoms with Crippen LogP contribution in [-0.4, -0.2) is 95.9 Å². The lowest BCUT2D eigenvalue weighted by atomic mass is 9.90. The molecule has 4 N–H and O–H groups in total. The fraction of sp³-hybridized carbons (Fsp3) is 0.714. The van der Waals surface area contributed by atoms with Crippen LogP contribution >= 0.6 is 0 Å². The van der Waals surface area contributed by atoms with Crippen LogP contribution in [0.4, 0.5) is 4.39 Å². The number of hydrogen-bond acceptors (Lipinski definition) is 7. The van der Waals surface area contributed by atoms with E-state index in [0.717, 1.165) is 11.8 Å². The smallest absolute Gasteiger partial charge is 0.239 e. The molecule has 12 heteroatoms. The number of hydrogen-bond donors (Lipinski definition) is 4. The number of fused-ring (bicyclic) bond motifs is 1. The molecular formula is C28H45FN4O6S. The number of β-amino-alcohol motifs (C(OH)–C–C–N with tert-alkyl or cyclic N) is 1. The number of sulfonamides is 1. The second kappa shape index (κ2) is 12.8. The molecule has 40 heavy (non-hydrogen) atoms. The summed E-state index contributed by atoms with van der Waals surface area (Å²) < 4.78 is 39.6. The topological polar surface area (TPSA) is 139 Å². The van der Waals surface area contributed by atoms with Crippen molar-refractivity contribution in [3.63, 3.8) is 0 Å². The molecule has 1 aliphatic carbocycles. The van der Waals surface area contributed by atoms with E-state index in [1.165, 1.54) is 16.4 Å². The summed E-state index contributed by atoms with van der Waals surface area (Å²) in [5.41, 5.74) is 0.815. The molecule has 1 saturated heterocycles. The van der Waals surface area contributed by atoms with E-state index in [1.807, 2.05) is 34.6 Å². The first-order valence-corrected chi connectivity index (χ1v) is 15.8. The Labute approximate surface area is 237 Å². The zero-order valence-corrected chi connectivity index (χ0v) is 25.2. The van der Waals surface area contributed by atoms with Gasteiger partial charge in [0.05, 0.1) is 24.5 Å². The monoisotopic (exact) mass is 584 g/mol. The summed E-state index contributed by atoms with van der Waals surface area (Å²) in [6, 6.07) is 2.75. The number of halogens is 1. The van der Waals surface area contributed by atoms with Gasteiger partial charge in [-0.15, -0.1) is 0 Å². The number of piperazine rings is 1. The second-order valence-electron chi connectivity index (χ2n) is 12.7. The quantitative estimate of drug-likeness (QED) is 0.324. The maximum absolute atomic E-state index is 13.9. The number of carbonyl (C=O) groups is 2. The number of carbonyl (C=O) groups excluding carboxylic acids is 2. The maximum atomic E-state index is 13.9. The summed E-state index contributed by atoms with van der Waals surface area (Å²) in [6.07, 6.45) is 0.177. The minimum atomic E-state index is -3.50. The molecule has 1 fully saturated rings. The third-order valence-electron chi connectivity index (χ3n) is 7.41. The number of rotatable bonds is 10. The molecule has 0 unspecified atom stereocenters. The molecule has 1 aliphatic heterocycles. The third-order valence-corrected chi connectivity index (χ3v) is 8.68. The second-order valence-corrected chi connectivity index (χ2v) is 14.7. The van der Waals surface area contributed by atoms with Gasteiger partial charge in [-0.25, -0.2) is 12.8 Å². The van der Waals surface area contributed by atoms with Gasteiger partial charge in [0.2, 0.25) is 21.8 Å². The highest BCUT2D eigenvalue weighted by Gasteiger charge is 2.39. The van der Waals surface area contributed by atoms with Gasteiger partial charge in [-0.05, 0) is 62.8 Å². The average Bonchev–Trinajstić information content (AvgIpc) is 3.10. The number of amides is 2. The summed E-state index contributed by atoms with van der Waals surface area (Å²) in [5, 5.41) is 27.5. The van der Waals surface area contributed by atoms with Gasteiger partial charge in [0.15, 0.2) is 0 Å². The van der Waals surface area contributed by atoms with Crippen molar-refractivity contribution in [2.24, 2.45) is 11.8 Å². The fourth-order valence-electron chi connectivity index (χ4n) is 5.61. The molecule has 0 spiro atoms. The first-order chi connectivity index (χ1) is 18.4. The highest BCUT2D eigenvalue weighted by Crippen LogP contribution is 2.33. The summed E-state index contributed by atoms with van der Waals surface area (Å²) in [7, 11) is -3.50. The first kappa shape index (κ1) is 32.4. The molecule has 1 heterocycles. The highest BCUT2D eigenvalue weighted by molar-refractivity contribution is 7.88. The number of aliphatic hydroxyl groups is 2. The van der Waals surface area contributed by atoms with Crippen LogP contribution in [0, 0.1) is 17.7 Å². The highest BCUT2D eigenvalue weighted by atomic mass is 32.2. The van der Waals surface area contributed by atoms with Crippen molar-refractivity contribution >= 4 is 21.8 Å². The lowest BCUT2D eigenvalue weighted by molar-refractivity contribution is -0.131. The van der Waals surface area contributed by atoms with E-state index in [4.69, 9.17) is 0 Å². The lowest BCUT2D eigenvalue weighted by Crippen LogP contribution is -2.62. The van der Waals surface area contributed by atoms with Gasteiger partial charge in [-0.3, -0.25) is 14.5 Å². The van der Waals surface area contributed by atoms with Crippen LogP contribution in [0.1, 0.15) is 64.6 Å². The summed E-state index contributed by atoms with van der Waals surface area (Å²) in [5.74, 6) is -1.55. The molecule has 5 atom stereocenters. The van der Waals surface area contributed by atoms with Crippen molar-refractivity contribution < 1.29 is 32.6 Å². The van der Waals surface area contributed by atoms with Crippen molar-refractivity contribution in [2.75, 3.05) is 32.4 Å². The van der Waals surface area contributed by atoms with Gasteiger partial charge < -0.3 is 20.8 Å². The van der Waals surface area contributed by atoms with E-state index in [1.54, 1.807) is 11.0 Å². The normalized spacial score (nSPS) is 24.0. The molecule has 0 radical (unpaired) electrons. The Kier molecular flexibility index (Phi) is 10.4. The van der Waals surface area contributed by atoms with Gasteiger partial charge in [0.25, 0.3) is 0 Å². The Morgan fingerprint density at radius 2 is 1.85 bits per heavy atom. The van der Waals surface area contributed by atoms with E-state index in [-0.39, 0.29) is 50.3 Å². The zero-order chi connectivity index (χ0) is 30.0. The molecular weight excluding hydrogens is 539 g/mol. The largest absolute Gasteiger partial charge is 0.392 e. The molecule has 0 aromatic heterocycles. The molecule has 3 rings (SSSR count). The Balaban J connectivity index is 1.72. The van der Waals surface area contributed by atoms with Crippen LogP contribution in [-0.2, 0) is 26.0 Å². The summed E-state index contributed by atoms with van der Waals surface area (Å²) >= 11 is 0. The van der Waals surface area contributed by atoms with E-state index < -0.39 is 51.6 Å². The standard InChI is InChI=1S/C28H45FN4O6S/c1-17(2)11-19(26(36)30-25-22-14-20(29)8-7-18(22)13-24(25)35)12-21(34)15-32-9-10-33(40(6,38)39)16-23(32)27(37)31-28(3,4)5/h7-8,14,17,19,21,23-25,34-35H,9-13,15-16H2,1-6H3,(H,30,36)(H,31,37)/t19-,21+,23+,24-,25+/m1/s1. The van der Waals surface area contributed by atoms with Crippen LogP contribution < -0.4 is 10.6 Å². The summed E-state index contributed by atoms with van der Waals surface area (Å²) in [6.45, 7) is 9.96. The Hall–Kier alpha value is -2.12. The summed E-state index contributed by atoms with van der Waals surface area (Å²) in [4.78, 5) is 28.3. The van der Waals surface area contributed by atoms with Gasteiger partial charge in [-0.1, -0.05) is 19.9 Å². The Bertz CT molecular complexity index is 1170. The van der Waals surface area contributed by atoms with Crippen LogP contribution in [0.15, 0.2) is 18.2 Å².